The van der Waals surface area contributed by atoms with Gasteiger partial charge >= 0.3 is 5.97 Å². The van der Waals surface area contributed by atoms with Gasteiger partial charge in [-0.25, -0.2) is 0 Å². The Labute approximate surface area is 122 Å². The van der Waals surface area contributed by atoms with E-state index in [-0.39, 0.29) is 17.3 Å². The third kappa shape index (κ3) is 3.62. The molecular weight excluding hydrogens is 248 g/mol. The molecule has 1 aliphatic rings. The average molecular weight is 274 g/mol. The molecule has 0 amide bonds. The molecule has 2 rings (SSSR count). The highest BCUT2D eigenvalue weighted by Crippen LogP contribution is 2.29. The third-order valence-electron chi connectivity index (χ3n) is 4.68. The number of carbonyl (C=O) groups is 1. The summed E-state index contributed by atoms with van der Waals surface area (Å²) in [4.78, 5) is 12.1. The standard InChI is InChI=1S/C18H26O2/c1-4-18(2,3)15-10-12-16(13-11-15)20-17(19)14-8-6-5-7-9-14/h10-14H,4-9H2,1-3H3. The zero-order chi connectivity index (χ0) is 14.6. The van der Waals surface area contributed by atoms with E-state index >= 15 is 0 Å². The first-order valence-corrected chi connectivity index (χ1v) is 7.85. The summed E-state index contributed by atoms with van der Waals surface area (Å²) in [7, 11) is 0. The minimum atomic E-state index is -0.0489. The van der Waals surface area contributed by atoms with Crippen LogP contribution in [-0.2, 0) is 10.2 Å². The molecule has 0 radical (unpaired) electrons. The van der Waals surface area contributed by atoms with Crippen LogP contribution in [0, 0.1) is 5.92 Å². The molecular formula is C18H26O2. The number of carbonyl (C=O) groups excluding carboxylic acids is 1. The quantitative estimate of drug-likeness (QED) is 0.579. The van der Waals surface area contributed by atoms with Crippen LogP contribution in [0.2, 0.25) is 0 Å². The highest BCUT2D eigenvalue weighted by molar-refractivity contribution is 5.75. The van der Waals surface area contributed by atoms with E-state index in [2.05, 4.69) is 32.9 Å². The minimum absolute atomic E-state index is 0.0489. The van der Waals surface area contributed by atoms with Crippen molar-refractivity contribution >= 4 is 5.97 Å². The predicted octanol–water partition coefficient (Wildman–Crippen LogP) is 4.86. The van der Waals surface area contributed by atoms with Crippen molar-refractivity contribution in [3.05, 3.63) is 29.8 Å². The van der Waals surface area contributed by atoms with Crippen LogP contribution in [0.15, 0.2) is 24.3 Å². The maximum absolute atomic E-state index is 12.1. The Morgan fingerprint density at radius 3 is 2.30 bits per heavy atom. The normalized spacial score (nSPS) is 16.9. The Morgan fingerprint density at radius 2 is 1.75 bits per heavy atom. The van der Waals surface area contributed by atoms with Crippen LogP contribution in [0.1, 0.15) is 64.9 Å². The topological polar surface area (TPSA) is 26.3 Å². The van der Waals surface area contributed by atoms with Crippen molar-refractivity contribution in [2.45, 2.75) is 64.7 Å². The summed E-state index contributed by atoms with van der Waals surface area (Å²) < 4.78 is 5.52. The van der Waals surface area contributed by atoms with Crippen LogP contribution in [0.4, 0.5) is 0 Å². The van der Waals surface area contributed by atoms with Gasteiger partial charge in [-0.3, -0.25) is 4.79 Å². The lowest BCUT2D eigenvalue weighted by Crippen LogP contribution is -2.22. The van der Waals surface area contributed by atoms with Crippen LogP contribution in [0.3, 0.4) is 0 Å². The number of rotatable bonds is 4. The second kappa shape index (κ2) is 6.43. The molecule has 0 atom stereocenters. The monoisotopic (exact) mass is 274 g/mol. The van der Waals surface area contributed by atoms with Gasteiger partial charge in [0, 0.05) is 0 Å². The molecule has 110 valence electrons. The minimum Gasteiger partial charge on any atom is -0.426 e. The predicted molar refractivity (Wildman–Crippen MR) is 82.0 cm³/mol. The van der Waals surface area contributed by atoms with E-state index in [9.17, 15) is 4.79 Å². The molecule has 0 unspecified atom stereocenters. The number of ether oxygens (including phenoxy) is 1. The van der Waals surface area contributed by atoms with E-state index in [0.717, 1.165) is 32.1 Å². The van der Waals surface area contributed by atoms with Gasteiger partial charge in [0.05, 0.1) is 5.92 Å². The van der Waals surface area contributed by atoms with Gasteiger partial charge in [0.15, 0.2) is 0 Å². The van der Waals surface area contributed by atoms with Crippen LogP contribution in [-0.4, -0.2) is 5.97 Å². The molecule has 1 aromatic rings. The Kier molecular flexibility index (Phi) is 4.85. The molecule has 20 heavy (non-hydrogen) atoms. The van der Waals surface area contributed by atoms with Crippen LogP contribution >= 0.6 is 0 Å². The first-order valence-electron chi connectivity index (χ1n) is 7.85. The Balaban J connectivity index is 1.98. The molecule has 0 spiro atoms. The summed E-state index contributed by atoms with van der Waals surface area (Å²) in [5.74, 6) is 0.735. The van der Waals surface area contributed by atoms with E-state index in [1.165, 1.54) is 12.0 Å². The number of benzene rings is 1. The first kappa shape index (κ1) is 15.1. The summed E-state index contributed by atoms with van der Waals surface area (Å²) in [6.07, 6.45) is 6.63. The van der Waals surface area contributed by atoms with Crippen LogP contribution < -0.4 is 4.74 Å². The molecule has 2 heteroatoms. The summed E-state index contributed by atoms with van der Waals surface area (Å²) in [5, 5.41) is 0. The molecule has 1 fully saturated rings. The summed E-state index contributed by atoms with van der Waals surface area (Å²) >= 11 is 0. The van der Waals surface area contributed by atoms with Crippen molar-refractivity contribution in [1.82, 2.24) is 0 Å². The van der Waals surface area contributed by atoms with E-state index in [1.807, 2.05) is 12.1 Å². The van der Waals surface area contributed by atoms with Crippen molar-refractivity contribution < 1.29 is 9.53 Å². The van der Waals surface area contributed by atoms with Gasteiger partial charge in [-0.05, 0) is 42.4 Å². The van der Waals surface area contributed by atoms with Crippen molar-refractivity contribution in [2.24, 2.45) is 5.92 Å². The largest absolute Gasteiger partial charge is 0.426 e. The fourth-order valence-electron chi connectivity index (χ4n) is 2.72. The Hall–Kier alpha value is -1.31. The Bertz CT molecular complexity index is 439. The molecule has 0 aromatic heterocycles. The second-order valence-corrected chi connectivity index (χ2v) is 6.52. The molecule has 1 saturated carbocycles. The fourth-order valence-corrected chi connectivity index (χ4v) is 2.72. The van der Waals surface area contributed by atoms with Crippen molar-refractivity contribution in [1.29, 1.82) is 0 Å². The molecule has 0 aliphatic heterocycles. The van der Waals surface area contributed by atoms with Gasteiger partial charge in [0.25, 0.3) is 0 Å². The lowest BCUT2D eigenvalue weighted by molar-refractivity contribution is -0.139. The number of hydrogen-bond donors (Lipinski definition) is 0. The fraction of sp³-hybridized carbons (Fsp3) is 0.611. The maximum Gasteiger partial charge on any atom is 0.314 e. The van der Waals surface area contributed by atoms with E-state index < -0.39 is 0 Å². The molecule has 1 aliphatic carbocycles. The van der Waals surface area contributed by atoms with Crippen molar-refractivity contribution in [3.8, 4) is 5.75 Å². The van der Waals surface area contributed by atoms with Gasteiger partial charge in [-0.15, -0.1) is 0 Å². The SMILES string of the molecule is CCC(C)(C)c1ccc(OC(=O)C2CCCCC2)cc1. The zero-order valence-electron chi connectivity index (χ0n) is 12.9. The van der Waals surface area contributed by atoms with E-state index in [4.69, 9.17) is 4.74 Å². The smallest absolute Gasteiger partial charge is 0.314 e. The average Bonchev–Trinajstić information content (AvgIpc) is 2.48. The molecule has 0 heterocycles. The summed E-state index contributed by atoms with van der Waals surface area (Å²) in [6.45, 7) is 6.66. The van der Waals surface area contributed by atoms with Crippen LogP contribution in [0.5, 0.6) is 5.75 Å². The number of hydrogen-bond acceptors (Lipinski definition) is 2. The summed E-state index contributed by atoms with van der Waals surface area (Å²) in [5.41, 5.74) is 1.46. The van der Waals surface area contributed by atoms with Gasteiger partial charge in [0.1, 0.15) is 5.75 Å². The van der Waals surface area contributed by atoms with Gasteiger partial charge < -0.3 is 4.74 Å². The number of esters is 1. The third-order valence-corrected chi connectivity index (χ3v) is 4.68. The molecule has 0 saturated heterocycles. The lowest BCUT2D eigenvalue weighted by Gasteiger charge is -2.23. The van der Waals surface area contributed by atoms with Gasteiger partial charge in [0.2, 0.25) is 0 Å². The highest BCUT2D eigenvalue weighted by Gasteiger charge is 2.23. The highest BCUT2D eigenvalue weighted by atomic mass is 16.5. The van der Waals surface area contributed by atoms with Gasteiger partial charge in [-0.2, -0.15) is 0 Å². The lowest BCUT2D eigenvalue weighted by atomic mass is 9.82. The van der Waals surface area contributed by atoms with E-state index in [0.29, 0.717) is 5.75 Å². The van der Waals surface area contributed by atoms with Crippen molar-refractivity contribution in [2.75, 3.05) is 0 Å². The Morgan fingerprint density at radius 1 is 1.15 bits per heavy atom. The van der Waals surface area contributed by atoms with Crippen molar-refractivity contribution in [3.63, 3.8) is 0 Å². The second-order valence-electron chi connectivity index (χ2n) is 6.52. The molecule has 1 aromatic carbocycles. The first-order chi connectivity index (χ1) is 9.53. The molecule has 2 nitrogen and oxygen atoms in total. The zero-order valence-corrected chi connectivity index (χ0v) is 12.9. The molecule has 0 N–H and O–H groups in total. The summed E-state index contributed by atoms with van der Waals surface area (Å²) in [6, 6.07) is 8.00. The van der Waals surface area contributed by atoms with Gasteiger partial charge in [-0.1, -0.05) is 52.2 Å². The maximum atomic E-state index is 12.1. The molecule has 0 bridgehead atoms. The van der Waals surface area contributed by atoms with E-state index in [1.54, 1.807) is 0 Å². The van der Waals surface area contributed by atoms with Crippen LogP contribution in [0.25, 0.3) is 0 Å².